The molecule has 0 radical (unpaired) electrons. The predicted molar refractivity (Wildman–Crippen MR) is 119 cm³/mol. The van der Waals surface area contributed by atoms with Gasteiger partial charge in [-0.05, 0) is 39.4 Å². The monoisotopic (exact) mass is 404 g/mol. The summed E-state index contributed by atoms with van der Waals surface area (Å²) in [5.41, 5.74) is 2.94. The molecule has 0 aliphatic carbocycles. The third-order valence-corrected chi connectivity index (χ3v) is 5.05. The standard InChI is InChI=1S/C21H32N4O2S/c1-6-22-21(28)25(13-10-14-26-5)15-18-19(17-11-8-7-9-12-17)23-27-20(18)24(4)16(2)3/h7-9,11-12,16H,6,10,13-15H2,1-5H3,(H,22,28). The van der Waals surface area contributed by atoms with Crippen molar-refractivity contribution in [3.63, 3.8) is 0 Å². The van der Waals surface area contributed by atoms with Crippen LogP contribution in [0.2, 0.25) is 0 Å². The summed E-state index contributed by atoms with van der Waals surface area (Å²) in [4.78, 5) is 4.27. The van der Waals surface area contributed by atoms with Gasteiger partial charge in [0.05, 0.1) is 12.1 Å². The summed E-state index contributed by atoms with van der Waals surface area (Å²) < 4.78 is 11.0. The van der Waals surface area contributed by atoms with Gasteiger partial charge in [0.1, 0.15) is 5.69 Å². The maximum atomic E-state index is 5.80. The Morgan fingerprint density at radius 3 is 2.61 bits per heavy atom. The van der Waals surface area contributed by atoms with Crippen LogP contribution in [0.1, 0.15) is 32.8 Å². The number of aromatic nitrogens is 1. The highest BCUT2D eigenvalue weighted by Crippen LogP contribution is 2.32. The van der Waals surface area contributed by atoms with E-state index in [1.807, 2.05) is 32.2 Å². The minimum Gasteiger partial charge on any atom is -0.385 e. The van der Waals surface area contributed by atoms with Crippen LogP contribution in [-0.4, -0.2) is 55.1 Å². The van der Waals surface area contributed by atoms with Gasteiger partial charge in [-0.25, -0.2) is 0 Å². The summed E-state index contributed by atoms with van der Waals surface area (Å²) >= 11 is 5.63. The first kappa shape index (κ1) is 22.2. The molecule has 2 aromatic rings. The van der Waals surface area contributed by atoms with Gasteiger partial charge in [-0.2, -0.15) is 0 Å². The average Bonchev–Trinajstić information content (AvgIpc) is 3.11. The second-order valence-electron chi connectivity index (χ2n) is 6.99. The van der Waals surface area contributed by atoms with Gasteiger partial charge in [0, 0.05) is 45.5 Å². The molecular formula is C21H32N4O2S. The molecule has 0 aliphatic heterocycles. The maximum Gasteiger partial charge on any atom is 0.232 e. The molecule has 0 unspecified atom stereocenters. The molecule has 6 nitrogen and oxygen atoms in total. The van der Waals surface area contributed by atoms with Gasteiger partial charge in [-0.3, -0.25) is 0 Å². The van der Waals surface area contributed by atoms with Crippen molar-refractivity contribution in [2.24, 2.45) is 0 Å². The Morgan fingerprint density at radius 2 is 2.00 bits per heavy atom. The Morgan fingerprint density at radius 1 is 1.29 bits per heavy atom. The van der Waals surface area contributed by atoms with Gasteiger partial charge in [-0.1, -0.05) is 35.5 Å². The van der Waals surface area contributed by atoms with Crippen LogP contribution in [0.5, 0.6) is 0 Å². The smallest absolute Gasteiger partial charge is 0.232 e. The molecule has 0 atom stereocenters. The van der Waals surface area contributed by atoms with E-state index in [9.17, 15) is 0 Å². The molecule has 0 bridgehead atoms. The molecule has 1 heterocycles. The number of hydrogen-bond acceptors (Lipinski definition) is 5. The predicted octanol–water partition coefficient (Wildman–Crippen LogP) is 3.92. The quantitative estimate of drug-likeness (QED) is 0.476. The van der Waals surface area contributed by atoms with Gasteiger partial charge in [0.15, 0.2) is 5.11 Å². The molecule has 1 N–H and O–H groups in total. The van der Waals surface area contributed by atoms with Crippen LogP contribution in [0, 0.1) is 0 Å². The summed E-state index contributed by atoms with van der Waals surface area (Å²) in [6, 6.07) is 10.4. The first-order valence-corrected chi connectivity index (χ1v) is 10.2. The highest BCUT2D eigenvalue weighted by Gasteiger charge is 2.24. The molecular weight excluding hydrogens is 372 g/mol. The SMILES string of the molecule is CCNC(=S)N(CCCOC)Cc1c(-c2ccccc2)noc1N(C)C(C)C. The lowest BCUT2D eigenvalue weighted by Gasteiger charge is -2.27. The Balaban J connectivity index is 2.40. The third-order valence-electron chi connectivity index (χ3n) is 4.65. The fourth-order valence-corrected chi connectivity index (χ4v) is 3.18. The van der Waals surface area contributed by atoms with Crippen molar-refractivity contribution in [3.8, 4) is 11.3 Å². The van der Waals surface area contributed by atoms with Crippen molar-refractivity contribution in [3.05, 3.63) is 35.9 Å². The lowest BCUT2D eigenvalue weighted by Crippen LogP contribution is -2.40. The van der Waals surface area contributed by atoms with E-state index < -0.39 is 0 Å². The summed E-state index contributed by atoms with van der Waals surface area (Å²) in [5, 5.41) is 8.41. The van der Waals surface area contributed by atoms with Crippen molar-refractivity contribution < 1.29 is 9.26 Å². The van der Waals surface area contributed by atoms with Crippen LogP contribution in [0.3, 0.4) is 0 Å². The van der Waals surface area contributed by atoms with E-state index in [0.717, 1.165) is 47.3 Å². The number of hydrogen-bond donors (Lipinski definition) is 1. The first-order chi connectivity index (χ1) is 13.5. The molecule has 154 valence electrons. The van der Waals surface area contributed by atoms with Gasteiger partial charge in [-0.15, -0.1) is 0 Å². The van der Waals surface area contributed by atoms with Gasteiger partial charge >= 0.3 is 0 Å². The van der Waals surface area contributed by atoms with Crippen LogP contribution >= 0.6 is 12.2 Å². The molecule has 28 heavy (non-hydrogen) atoms. The summed E-state index contributed by atoms with van der Waals surface area (Å²) in [6.45, 7) is 9.21. The largest absolute Gasteiger partial charge is 0.385 e. The molecule has 1 aromatic carbocycles. The molecule has 0 saturated heterocycles. The van der Waals surface area contributed by atoms with Crippen molar-refractivity contribution in [1.29, 1.82) is 0 Å². The van der Waals surface area contributed by atoms with Crippen molar-refractivity contribution >= 4 is 23.2 Å². The highest BCUT2D eigenvalue weighted by molar-refractivity contribution is 7.80. The zero-order chi connectivity index (χ0) is 20.5. The normalized spacial score (nSPS) is 10.9. The average molecular weight is 405 g/mol. The maximum absolute atomic E-state index is 5.80. The van der Waals surface area contributed by atoms with Crippen LogP contribution in [0.15, 0.2) is 34.9 Å². The van der Waals surface area contributed by atoms with E-state index in [1.165, 1.54) is 0 Å². The fraction of sp³-hybridized carbons (Fsp3) is 0.524. The number of rotatable bonds is 10. The van der Waals surface area contributed by atoms with Crippen LogP contribution in [-0.2, 0) is 11.3 Å². The van der Waals surface area contributed by atoms with Crippen LogP contribution in [0.25, 0.3) is 11.3 Å². The van der Waals surface area contributed by atoms with E-state index in [4.69, 9.17) is 21.5 Å². The number of nitrogens with one attached hydrogen (secondary N) is 1. The van der Waals surface area contributed by atoms with Gasteiger partial charge in [0.25, 0.3) is 0 Å². The zero-order valence-corrected chi connectivity index (χ0v) is 18.4. The number of ether oxygens (including phenoxy) is 1. The van der Waals surface area contributed by atoms with Crippen molar-refractivity contribution in [2.45, 2.75) is 39.8 Å². The van der Waals surface area contributed by atoms with Gasteiger partial charge in [0.2, 0.25) is 5.88 Å². The molecule has 0 amide bonds. The van der Waals surface area contributed by atoms with Gasteiger partial charge < -0.3 is 24.4 Å². The zero-order valence-electron chi connectivity index (χ0n) is 17.6. The molecule has 0 aliphatic rings. The summed E-state index contributed by atoms with van der Waals surface area (Å²) in [5.74, 6) is 0.782. The molecule has 2 rings (SSSR count). The Hall–Kier alpha value is -2.12. The molecule has 0 fully saturated rings. The lowest BCUT2D eigenvalue weighted by atomic mass is 10.1. The fourth-order valence-electron chi connectivity index (χ4n) is 2.88. The highest BCUT2D eigenvalue weighted by atomic mass is 32.1. The Kier molecular flexibility index (Phi) is 8.73. The van der Waals surface area contributed by atoms with Crippen molar-refractivity contribution in [1.82, 2.24) is 15.4 Å². The molecule has 1 aromatic heterocycles. The summed E-state index contributed by atoms with van der Waals surface area (Å²) in [7, 11) is 3.75. The van der Waals surface area contributed by atoms with Crippen molar-refractivity contribution in [2.75, 3.05) is 38.8 Å². The minimum atomic E-state index is 0.290. The van der Waals surface area contributed by atoms with E-state index in [0.29, 0.717) is 13.2 Å². The second-order valence-corrected chi connectivity index (χ2v) is 7.38. The number of anilines is 1. The number of methoxy groups -OCH3 is 1. The van der Waals surface area contributed by atoms with Crippen LogP contribution in [0.4, 0.5) is 5.88 Å². The lowest BCUT2D eigenvalue weighted by molar-refractivity contribution is 0.185. The topological polar surface area (TPSA) is 53.8 Å². The summed E-state index contributed by atoms with van der Waals surface area (Å²) in [6.07, 6.45) is 0.892. The van der Waals surface area contributed by atoms with E-state index in [2.05, 4.69) is 46.3 Å². The van der Waals surface area contributed by atoms with E-state index in [-0.39, 0.29) is 6.04 Å². The number of benzene rings is 1. The number of nitrogens with zero attached hydrogens (tertiary/aromatic N) is 3. The third kappa shape index (κ3) is 5.69. The molecule has 0 saturated carbocycles. The molecule has 0 spiro atoms. The Bertz CT molecular complexity index is 733. The number of thiocarbonyl (C=S) groups is 1. The second kappa shape index (κ2) is 11.0. The Labute approximate surface area is 173 Å². The van der Waals surface area contributed by atoms with Crippen LogP contribution < -0.4 is 10.2 Å². The minimum absolute atomic E-state index is 0.290. The van der Waals surface area contributed by atoms with E-state index in [1.54, 1.807) is 7.11 Å². The molecule has 7 heteroatoms. The first-order valence-electron chi connectivity index (χ1n) is 9.78. The van der Waals surface area contributed by atoms with E-state index >= 15 is 0 Å².